The Morgan fingerprint density at radius 1 is 1.16 bits per heavy atom. The van der Waals surface area contributed by atoms with Crippen molar-refractivity contribution in [1.29, 1.82) is 0 Å². The topological polar surface area (TPSA) is 95.6 Å². The number of amides is 2. The highest BCUT2D eigenvalue weighted by Gasteiger charge is 2.25. The molecular weight excluding hydrogens is 342 g/mol. The zero-order valence-electron chi connectivity index (χ0n) is 14.8. The van der Waals surface area contributed by atoms with Gasteiger partial charge in [-0.05, 0) is 44.2 Å². The van der Waals surface area contributed by atoms with Crippen LogP contribution in [0.2, 0.25) is 0 Å². The fraction of sp³-hybridized carbons (Fsp3) is 0.529. The van der Waals surface area contributed by atoms with Gasteiger partial charge in [-0.25, -0.2) is 12.7 Å². The van der Waals surface area contributed by atoms with E-state index in [9.17, 15) is 18.0 Å². The molecule has 0 radical (unpaired) electrons. The molecule has 1 aliphatic rings. The summed E-state index contributed by atoms with van der Waals surface area (Å²) >= 11 is 0. The van der Waals surface area contributed by atoms with Crippen LogP contribution in [0.4, 0.5) is 5.69 Å². The molecular formula is C17H25N3O4S. The quantitative estimate of drug-likeness (QED) is 0.777. The Morgan fingerprint density at radius 2 is 1.80 bits per heavy atom. The van der Waals surface area contributed by atoms with Crippen LogP contribution in [0.3, 0.4) is 0 Å². The summed E-state index contributed by atoms with van der Waals surface area (Å²) in [5.74, 6) is -1.19. The second kappa shape index (κ2) is 7.97. The first kappa shape index (κ1) is 19.4. The van der Waals surface area contributed by atoms with Crippen LogP contribution in [0.25, 0.3) is 0 Å². The Bertz CT molecular complexity index is 753. The van der Waals surface area contributed by atoms with E-state index in [-0.39, 0.29) is 5.92 Å². The highest BCUT2D eigenvalue weighted by Crippen LogP contribution is 2.18. The number of anilines is 1. The van der Waals surface area contributed by atoms with Crippen molar-refractivity contribution in [1.82, 2.24) is 9.62 Å². The number of carbonyl (C=O) groups excluding carboxylic acids is 2. The third kappa shape index (κ3) is 5.54. The predicted octanol–water partition coefficient (Wildman–Crippen LogP) is 1.03. The van der Waals surface area contributed by atoms with Crippen molar-refractivity contribution in [3.05, 3.63) is 29.3 Å². The number of nitrogens with one attached hydrogen (secondary N) is 2. The van der Waals surface area contributed by atoms with E-state index < -0.39 is 21.8 Å². The molecule has 1 fully saturated rings. The van der Waals surface area contributed by atoms with Crippen LogP contribution < -0.4 is 10.6 Å². The van der Waals surface area contributed by atoms with Crippen LogP contribution >= 0.6 is 0 Å². The molecule has 0 bridgehead atoms. The summed E-state index contributed by atoms with van der Waals surface area (Å²) in [7, 11) is -3.15. The van der Waals surface area contributed by atoms with E-state index in [0.717, 1.165) is 11.1 Å². The first-order valence-electron chi connectivity index (χ1n) is 8.28. The van der Waals surface area contributed by atoms with Gasteiger partial charge in [0, 0.05) is 25.3 Å². The van der Waals surface area contributed by atoms with E-state index in [2.05, 4.69) is 10.6 Å². The normalized spacial score (nSPS) is 16.4. The molecule has 2 N–H and O–H groups in total. The third-order valence-corrected chi connectivity index (χ3v) is 5.73. The standard InChI is InChI=1S/C17H25N3O4S/c1-12-4-5-15(13(2)10-12)19-17(22)16(21)18-11-14-6-8-20(9-7-14)25(3,23)24/h4-5,10,14H,6-9,11H2,1-3H3,(H,18,21)(H,19,22). The van der Waals surface area contributed by atoms with Gasteiger partial charge in [-0.15, -0.1) is 0 Å². The fourth-order valence-electron chi connectivity index (χ4n) is 2.90. The molecule has 25 heavy (non-hydrogen) atoms. The maximum absolute atomic E-state index is 12.0. The summed E-state index contributed by atoms with van der Waals surface area (Å²) in [6.07, 6.45) is 2.55. The number of carbonyl (C=O) groups is 2. The lowest BCUT2D eigenvalue weighted by atomic mass is 9.98. The Balaban J connectivity index is 1.79. The van der Waals surface area contributed by atoms with Gasteiger partial charge >= 0.3 is 11.8 Å². The van der Waals surface area contributed by atoms with E-state index in [1.54, 1.807) is 6.07 Å². The first-order valence-corrected chi connectivity index (χ1v) is 10.1. The average Bonchev–Trinajstić information content (AvgIpc) is 2.54. The van der Waals surface area contributed by atoms with E-state index in [0.29, 0.717) is 38.2 Å². The lowest BCUT2D eigenvalue weighted by Crippen LogP contribution is -2.43. The van der Waals surface area contributed by atoms with Gasteiger partial charge in [-0.1, -0.05) is 17.7 Å². The van der Waals surface area contributed by atoms with Gasteiger partial charge in [-0.3, -0.25) is 9.59 Å². The van der Waals surface area contributed by atoms with Crippen LogP contribution in [0.1, 0.15) is 24.0 Å². The molecule has 0 aliphatic carbocycles. The largest absolute Gasteiger partial charge is 0.348 e. The Kier molecular flexibility index (Phi) is 6.18. The van der Waals surface area contributed by atoms with Crippen LogP contribution in [0.15, 0.2) is 18.2 Å². The monoisotopic (exact) mass is 367 g/mol. The number of hydrogen-bond donors (Lipinski definition) is 2. The van der Waals surface area contributed by atoms with Gasteiger partial charge in [0.15, 0.2) is 0 Å². The Labute approximate surface area is 148 Å². The van der Waals surface area contributed by atoms with Gasteiger partial charge in [0.05, 0.1) is 6.26 Å². The van der Waals surface area contributed by atoms with Crippen molar-refractivity contribution >= 4 is 27.5 Å². The minimum absolute atomic E-state index is 0.177. The molecule has 1 aromatic carbocycles. The molecule has 1 saturated heterocycles. The molecule has 2 amide bonds. The highest BCUT2D eigenvalue weighted by atomic mass is 32.2. The molecule has 2 rings (SSSR count). The SMILES string of the molecule is Cc1ccc(NC(=O)C(=O)NCC2CCN(S(C)(=O)=O)CC2)c(C)c1. The fourth-order valence-corrected chi connectivity index (χ4v) is 3.77. The number of nitrogens with zero attached hydrogens (tertiary/aromatic N) is 1. The number of rotatable bonds is 4. The number of sulfonamides is 1. The van der Waals surface area contributed by atoms with E-state index in [4.69, 9.17) is 0 Å². The Hall–Kier alpha value is -1.93. The smallest absolute Gasteiger partial charge is 0.313 e. The summed E-state index contributed by atoms with van der Waals surface area (Å²) in [4.78, 5) is 24.0. The van der Waals surface area contributed by atoms with Crippen molar-refractivity contribution in [3.8, 4) is 0 Å². The number of piperidine rings is 1. The van der Waals surface area contributed by atoms with Crippen molar-refractivity contribution in [2.45, 2.75) is 26.7 Å². The molecule has 0 unspecified atom stereocenters. The molecule has 138 valence electrons. The molecule has 0 aromatic heterocycles. The molecule has 0 spiro atoms. The highest BCUT2D eigenvalue weighted by molar-refractivity contribution is 7.88. The predicted molar refractivity (Wildman–Crippen MR) is 96.7 cm³/mol. The zero-order chi connectivity index (χ0) is 18.6. The first-order chi connectivity index (χ1) is 11.7. The summed E-state index contributed by atoms with van der Waals surface area (Å²) in [6.45, 7) is 5.11. The number of aryl methyl sites for hydroxylation is 2. The molecule has 8 heteroatoms. The van der Waals surface area contributed by atoms with Gasteiger partial charge in [-0.2, -0.15) is 0 Å². The zero-order valence-corrected chi connectivity index (χ0v) is 15.6. The summed E-state index contributed by atoms with van der Waals surface area (Å²) in [5, 5.41) is 5.25. The van der Waals surface area contributed by atoms with Gasteiger partial charge < -0.3 is 10.6 Å². The Morgan fingerprint density at radius 3 is 2.36 bits per heavy atom. The molecule has 0 saturated carbocycles. The van der Waals surface area contributed by atoms with Crippen molar-refractivity contribution in [2.24, 2.45) is 5.92 Å². The van der Waals surface area contributed by atoms with Gasteiger partial charge in [0.2, 0.25) is 10.0 Å². The summed E-state index contributed by atoms with van der Waals surface area (Å²) < 4.78 is 24.4. The second-order valence-electron chi connectivity index (χ2n) is 6.59. The van der Waals surface area contributed by atoms with Crippen molar-refractivity contribution in [3.63, 3.8) is 0 Å². The van der Waals surface area contributed by atoms with Crippen molar-refractivity contribution < 1.29 is 18.0 Å². The third-order valence-electron chi connectivity index (χ3n) is 4.43. The molecule has 0 atom stereocenters. The minimum Gasteiger partial charge on any atom is -0.348 e. The number of benzene rings is 1. The lowest BCUT2D eigenvalue weighted by Gasteiger charge is -2.30. The van der Waals surface area contributed by atoms with Crippen molar-refractivity contribution in [2.75, 3.05) is 31.2 Å². The van der Waals surface area contributed by atoms with E-state index >= 15 is 0 Å². The van der Waals surface area contributed by atoms with Crippen LogP contribution in [0, 0.1) is 19.8 Å². The number of hydrogen-bond acceptors (Lipinski definition) is 4. The summed E-state index contributed by atoms with van der Waals surface area (Å²) in [6, 6.07) is 5.58. The second-order valence-corrected chi connectivity index (χ2v) is 8.57. The van der Waals surface area contributed by atoms with E-state index in [1.165, 1.54) is 10.6 Å². The average molecular weight is 367 g/mol. The molecule has 7 nitrogen and oxygen atoms in total. The summed E-state index contributed by atoms with van der Waals surface area (Å²) in [5.41, 5.74) is 2.60. The van der Waals surface area contributed by atoms with Crippen LogP contribution in [0.5, 0.6) is 0 Å². The molecule has 1 aromatic rings. The van der Waals surface area contributed by atoms with Crippen LogP contribution in [-0.4, -0.2) is 50.4 Å². The maximum Gasteiger partial charge on any atom is 0.313 e. The van der Waals surface area contributed by atoms with Gasteiger partial charge in [0.25, 0.3) is 0 Å². The van der Waals surface area contributed by atoms with Gasteiger partial charge in [0.1, 0.15) is 0 Å². The molecule has 1 heterocycles. The van der Waals surface area contributed by atoms with E-state index in [1.807, 2.05) is 26.0 Å². The maximum atomic E-state index is 12.0. The molecule has 1 aliphatic heterocycles. The van der Waals surface area contributed by atoms with Crippen LogP contribution in [-0.2, 0) is 19.6 Å². The lowest BCUT2D eigenvalue weighted by molar-refractivity contribution is -0.136. The minimum atomic E-state index is -3.15.